The number of ether oxygens (including phenoxy) is 1. The Morgan fingerprint density at radius 1 is 1.44 bits per heavy atom. The monoisotopic (exact) mass is 298 g/mol. The molecule has 0 saturated carbocycles. The molecule has 0 bridgehead atoms. The normalized spacial score (nSPS) is 11.3. The summed E-state index contributed by atoms with van der Waals surface area (Å²) in [5, 5.41) is 8.74. The summed E-state index contributed by atoms with van der Waals surface area (Å²) >= 11 is 2.82. The quantitative estimate of drug-likeness (QED) is 0.912. The van der Waals surface area contributed by atoms with Crippen molar-refractivity contribution in [1.82, 2.24) is 0 Å². The van der Waals surface area contributed by atoms with Gasteiger partial charge in [-0.25, -0.2) is 4.79 Å². The maximum absolute atomic E-state index is 12.6. The lowest BCUT2D eigenvalue weighted by Crippen LogP contribution is -2.11. The highest BCUT2D eigenvalue weighted by atomic mass is 79.9. The number of carbonyl (C=O) groups is 1. The number of aromatic carboxylic acids is 1. The number of hydrogen-bond donors (Lipinski definition) is 1. The summed E-state index contributed by atoms with van der Waals surface area (Å²) < 4.78 is 42.2. The van der Waals surface area contributed by atoms with Gasteiger partial charge in [0, 0.05) is 4.47 Å². The molecule has 0 aliphatic heterocycles. The molecule has 0 aliphatic carbocycles. The Balaban J connectivity index is 3.55. The van der Waals surface area contributed by atoms with Gasteiger partial charge < -0.3 is 9.84 Å². The van der Waals surface area contributed by atoms with Gasteiger partial charge in [0.15, 0.2) is 0 Å². The Morgan fingerprint density at radius 3 is 2.38 bits per heavy atom. The SMILES string of the molecule is COc1c(C(=O)O)cc(Br)cc1C(F)(F)F. The first-order chi connectivity index (χ1) is 7.27. The van der Waals surface area contributed by atoms with Gasteiger partial charge in [-0.2, -0.15) is 13.2 Å². The predicted octanol–water partition coefficient (Wildman–Crippen LogP) is 3.17. The molecule has 1 N–H and O–H groups in total. The second-order valence-electron chi connectivity index (χ2n) is 2.84. The molecule has 0 aliphatic rings. The molecule has 0 radical (unpaired) electrons. The highest BCUT2D eigenvalue weighted by Gasteiger charge is 2.36. The Bertz CT molecular complexity index is 429. The van der Waals surface area contributed by atoms with Crippen LogP contribution in [0.25, 0.3) is 0 Å². The number of alkyl halides is 3. The van der Waals surface area contributed by atoms with Crippen molar-refractivity contribution in [2.45, 2.75) is 6.18 Å². The molecule has 0 heterocycles. The third kappa shape index (κ3) is 2.46. The van der Waals surface area contributed by atoms with Crippen LogP contribution in [-0.4, -0.2) is 18.2 Å². The smallest absolute Gasteiger partial charge is 0.420 e. The van der Waals surface area contributed by atoms with E-state index in [9.17, 15) is 18.0 Å². The van der Waals surface area contributed by atoms with Crippen molar-refractivity contribution >= 4 is 21.9 Å². The van der Waals surface area contributed by atoms with E-state index in [0.29, 0.717) is 0 Å². The van der Waals surface area contributed by atoms with Crippen LogP contribution in [0.5, 0.6) is 5.75 Å². The second-order valence-corrected chi connectivity index (χ2v) is 3.75. The van der Waals surface area contributed by atoms with Gasteiger partial charge in [-0.15, -0.1) is 0 Å². The first-order valence-corrected chi connectivity index (χ1v) is 4.74. The van der Waals surface area contributed by atoms with Crippen LogP contribution in [-0.2, 0) is 6.18 Å². The second kappa shape index (κ2) is 4.32. The van der Waals surface area contributed by atoms with Crippen molar-refractivity contribution in [2.75, 3.05) is 7.11 Å². The number of benzene rings is 1. The van der Waals surface area contributed by atoms with Crippen LogP contribution in [0.2, 0.25) is 0 Å². The van der Waals surface area contributed by atoms with Crippen LogP contribution in [0.4, 0.5) is 13.2 Å². The van der Waals surface area contributed by atoms with Gasteiger partial charge in [0.2, 0.25) is 0 Å². The molecule has 7 heteroatoms. The molecule has 1 aromatic carbocycles. The van der Waals surface area contributed by atoms with Crippen molar-refractivity contribution in [1.29, 1.82) is 0 Å². The molecule has 0 unspecified atom stereocenters. The zero-order chi connectivity index (χ0) is 12.5. The van der Waals surface area contributed by atoms with Crippen LogP contribution in [0.15, 0.2) is 16.6 Å². The number of methoxy groups -OCH3 is 1. The van der Waals surface area contributed by atoms with Gasteiger partial charge in [-0.1, -0.05) is 15.9 Å². The lowest BCUT2D eigenvalue weighted by atomic mass is 10.1. The number of carboxylic acid groups (broad SMARTS) is 1. The lowest BCUT2D eigenvalue weighted by molar-refractivity contribution is -0.138. The molecule has 0 atom stereocenters. The van der Waals surface area contributed by atoms with E-state index in [4.69, 9.17) is 5.11 Å². The van der Waals surface area contributed by atoms with Crippen molar-refractivity contribution < 1.29 is 27.8 Å². The fraction of sp³-hybridized carbons (Fsp3) is 0.222. The van der Waals surface area contributed by atoms with Gasteiger partial charge in [0.25, 0.3) is 0 Å². The van der Waals surface area contributed by atoms with E-state index in [1.807, 2.05) is 0 Å². The van der Waals surface area contributed by atoms with Gasteiger partial charge in [0.1, 0.15) is 11.3 Å². The van der Waals surface area contributed by atoms with E-state index in [0.717, 1.165) is 19.2 Å². The number of halogens is 4. The summed E-state index contributed by atoms with van der Waals surface area (Å²) in [4.78, 5) is 10.7. The Morgan fingerprint density at radius 2 is 2.00 bits per heavy atom. The minimum atomic E-state index is -4.67. The summed E-state index contributed by atoms with van der Waals surface area (Å²) in [5.41, 5.74) is -1.66. The van der Waals surface area contributed by atoms with E-state index < -0.39 is 29.0 Å². The van der Waals surface area contributed by atoms with Crippen LogP contribution in [0, 0.1) is 0 Å². The number of rotatable bonds is 2. The van der Waals surface area contributed by atoms with E-state index in [1.165, 1.54) is 0 Å². The van der Waals surface area contributed by atoms with Crippen molar-refractivity contribution in [3.8, 4) is 5.75 Å². The average molecular weight is 299 g/mol. The van der Waals surface area contributed by atoms with Crippen LogP contribution >= 0.6 is 15.9 Å². The minimum absolute atomic E-state index is 0.0259. The Labute approximate surface area is 97.0 Å². The summed E-state index contributed by atoms with van der Waals surface area (Å²) in [6, 6.07) is 1.82. The van der Waals surface area contributed by atoms with E-state index in [2.05, 4.69) is 20.7 Å². The van der Waals surface area contributed by atoms with E-state index in [-0.39, 0.29) is 4.47 Å². The molecular formula is C9H6BrF3O3. The topological polar surface area (TPSA) is 46.5 Å². The first kappa shape index (κ1) is 12.8. The average Bonchev–Trinajstić information content (AvgIpc) is 2.14. The van der Waals surface area contributed by atoms with Crippen LogP contribution < -0.4 is 4.74 Å². The zero-order valence-corrected chi connectivity index (χ0v) is 9.52. The standard InChI is InChI=1S/C9H6BrF3O3/c1-16-7-5(8(14)15)2-4(10)3-6(7)9(11,12)13/h2-3H,1H3,(H,14,15). The molecule has 0 saturated heterocycles. The van der Waals surface area contributed by atoms with Crippen molar-refractivity contribution in [3.63, 3.8) is 0 Å². The third-order valence-electron chi connectivity index (χ3n) is 1.79. The number of hydrogen-bond acceptors (Lipinski definition) is 2. The predicted molar refractivity (Wildman–Crippen MR) is 52.7 cm³/mol. The van der Waals surface area contributed by atoms with Gasteiger partial charge >= 0.3 is 12.1 Å². The molecule has 1 aromatic rings. The maximum Gasteiger partial charge on any atom is 0.420 e. The van der Waals surface area contributed by atoms with Gasteiger partial charge in [-0.05, 0) is 12.1 Å². The fourth-order valence-corrected chi connectivity index (χ4v) is 1.64. The summed E-state index contributed by atoms with van der Waals surface area (Å²) in [6.07, 6.45) is -4.67. The van der Waals surface area contributed by atoms with Crippen LogP contribution in [0.1, 0.15) is 15.9 Å². The maximum atomic E-state index is 12.6. The first-order valence-electron chi connectivity index (χ1n) is 3.95. The molecule has 16 heavy (non-hydrogen) atoms. The molecule has 0 aromatic heterocycles. The molecule has 0 amide bonds. The highest BCUT2D eigenvalue weighted by molar-refractivity contribution is 9.10. The third-order valence-corrected chi connectivity index (χ3v) is 2.25. The molecule has 88 valence electrons. The zero-order valence-electron chi connectivity index (χ0n) is 7.93. The minimum Gasteiger partial charge on any atom is -0.495 e. The Kier molecular flexibility index (Phi) is 3.47. The largest absolute Gasteiger partial charge is 0.495 e. The summed E-state index contributed by atoms with van der Waals surface area (Å²) in [5.74, 6) is -2.17. The van der Waals surface area contributed by atoms with Gasteiger partial charge in [-0.3, -0.25) is 0 Å². The van der Waals surface area contributed by atoms with Crippen LogP contribution in [0.3, 0.4) is 0 Å². The van der Waals surface area contributed by atoms with Crippen molar-refractivity contribution in [2.24, 2.45) is 0 Å². The molecule has 3 nitrogen and oxygen atoms in total. The van der Waals surface area contributed by atoms with E-state index in [1.54, 1.807) is 0 Å². The molecular weight excluding hydrogens is 293 g/mol. The highest BCUT2D eigenvalue weighted by Crippen LogP contribution is 2.40. The lowest BCUT2D eigenvalue weighted by Gasteiger charge is -2.14. The van der Waals surface area contributed by atoms with Gasteiger partial charge in [0.05, 0.1) is 12.7 Å². The van der Waals surface area contributed by atoms with E-state index >= 15 is 0 Å². The molecule has 0 spiro atoms. The van der Waals surface area contributed by atoms with Crippen molar-refractivity contribution in [3.05, 3.63) is 27.7 Å². The fourth-order valence-electron chi connectivity index (χ4n) is 1.18. The molecule has 0 fully saturated rings. The Hall–Kier alpha value is -1.24. The molecule has 1 rings (SSSR count). The summed E-state index contributed by atoms with van der Waals surface area (Å²) in [6.45, 7) is 0. The summed E-state index contributed by atoms with van der Waals surface area (Å²) in [7, 11) is 0.991. The number of carboxylic acids is 1.